The number of hydrogen-bond donors (Lipinski definition) is 2. The monoisotopic (exact) mass is 284 g/mol. The number of nitrogens with zero attached hydrogens (tertiary/aromatic N) is 1. The first-order valence-corrected chi connectivity index (χ1v) is 7.00. The van der Waals surface area contributed by atoms with Gasteiger partial charge in [0, 0.05) is 12.2 Å². The topological polar surface area (TPSA) is 66.6 Å². The summed E-state index contributed by atoms with van der Waals surface area (Å²) in [5.74, 6) is -0.224. The summed E-state index contributed by atoms with van der Waals surface area (Å²) in [6, 6.07) is 14.3. The zero-order valence-corrected chi connectivity index (χ0v) is 12.1. The normalized spacial score (nSPS) is 10.4. The second-order valence-corrected chi connectivity index (χ2v) is 4.95. The van der Waals surface area contributed by atoms with E-state index in [0.717, 1.165) is 11.3 Å². The average Bonchev–Trinajstić information content (AvgIpc) is 2.49. The molecular weight excluding hydrogens is 264 g/mol. The number of nitrogens with two attached hydrogens (primary N) is 1. The van der Waals surface area contributed by atoms with Crippen molar-refractivity contribution in [3.8, 4) is 5.75 Å². The van der Waals surface area contributed by atoms with Crippen LogP contribution in [0.1, 0.15) is 22.3 Å². The molecule has 0 bridgehead atoms. The van der Waals surface area contributed by atoms with Gasteiger partial charge in [0.25, 0.3) is 5.91 Å². The lowest BCUT2D eigenvalue weighted by molar-refractivity contribution is 0.0984. The molecule has 0 heterocycles. The number of benzene rings is 2. The Bertz CT molecular complexity index is 608. The number of amides is 1. The molecule has 0 fully saturated rings. The summed E-state index contributed by atoms with van der Waals surface area (Å²) in [7, 11) is 0. The molecule has 0 unspecified atom stereocenters. The van der Waals surface area contributed by atoms with E-state index >= 15 is 0 Å². The van der Waals surface area contributed by atoms with Crippen molar-refractivity contribution in [3.63, 3.8) is 0 Å². The third kappa shape index (κ3) is 3.61. The maximum absolute atomic E-state index is 12.7. The Labute approximate surface area is 124 Å². The van der Waals surface area contributed by atoms with Gasteiger partial charge in [0.1, 0.15) is 5.75 Å². The van der Waals surface area contributed by atoms with E-state index in [1.165, 1.54) is 6.07 Å². The molecule has 0 aliphatic heterocycles. The first-order valence-electron chi connectivity index (χ1n) is 7.00. The number of aromatic hydroxyl groups is 1. The maximum atomic E-state index is 12.7. The average molecular weight is 284 g/mol. The summed E-state index contributed by atoms with van der Waals surface area (Å²) in [6.45, 7) is 3.03. The van der Waals surface area contributed by atoms with E-state index < -0.39 is 0 Å². The molecule has 0 saturated carbocycles. The van der Waals surface area contributed by atoms with Crippen LogP contribution in [0.5, 0.6) is 5.75 Å². The van der Waals surface area contributed by atoms with Crippen LogP contribution >= 0.6 is 0 Å². The van der Waals surface area contributed by atoms with Crippen molar-refractivity contribution in [2.75, 3.05) is 18.0 Å². The molecule has 110 valence electrons. The second kappa shape index (κ2) is 6.90. The van der Waals surface area contributed by atoms with Crippen LogP contribution < -0.4 is 10.6 Å². The Morgan fingerprint density at radius 1 is 1.14 bits per heavy atom. The number of phenols is 1. The van der Waals surface area contributed by atoms with Crippen LogP contribution in [-0.4, -0.2) is 24.1 Å². The Morgan fingerprint density at radius 3 is 2.43 bits per heavy atom. The summed E-state index contributed by atoms with van der Waals surface area (Å²) in [4.78, 5) is 14.3. The molecule has 2 aromatic carbocycles. The third-order valence-electron chi connectivity index (χ3n) is 3.31. The zero-order chi connectivity index (χ0) is 15.2. The van der Waals surface area contributed by atoms with E-state index in [-0.39, 0.29) is 11.7 Å². The van der Waals surface area contributed by atoms with Crippen molar-refractivity contribution in [2.24, 2.45) is 5.73 Å². The minimum absolute atomic E-state index is 0.00707. The van der Waals surface area contributed by atoms with Gasteiger partial charge in [0.05, 0.1) is 5.56 Å². The Hall–Kier alpha value is -2.33. The van der Waals surface area contributed by atoms with Gasteiger partial charge < -0.3 is 15.7 Å². The summed E-state index contributed by atoms with van der Waals surface area (Å²) < 4.78 is 0. The van der Waals surface area contributed by atoms with Crippen molar-refractivity contribution < 1.29 is 9.90 Å². The fourth-order valence-electron chi connectivity index (χ4n) is 2.12. The van der Waals surface area contributed by atoms with Crippen molar-refractivity contribution in [1.82, 2.24) is 0 Å². The van der Waals surface area contributed by atoms with Gasteiger partial charge in [-0.25, -0.2) is 0 Å². The van der Waals surface area contributed by atoms with Gasteiger partial charge in [0.15, 0.2) is 0 Å². The smallest absolute Gasteiger partial charge is 0.262 e. The van der Waals surface area contributed by atoms with Crippen LogP contribution in [-0.2, 0) is 0 Å². The van der Waals surface area contributed by atoms with E-state index in [4.69, 9.17) is 5.73 Å². The highest BCUT2D eigenvalue weighted by molar-refractivity contribution is 6.07. The van der Waals surface area contributed by atoms with E-state index in [0.29, 0.717) is 25.1 Å². The van der Waals surface area contributed by atoms with E-state index in [9.17, 15) is 9.90 Å². The van der Waals surface area contributed by atoms with Crippen molar-refractivity contribution in [2.45, 2.75) is 13.3 Å². The molecule has 0 aliphatic rings. The van der Waals surface area contributed by atoms with Crippen molar-refractivity contribution in [1.29, 1.82) is 0 Å². The molecule has 3 N–H and O–H groups in total. The van der Waals surface area contributed by atoms with Gasteiger partial charge in [-0.2, -0.15) is 0 Å². The van der Waals surface area contributed by atoms with Crippen molar-refractivity contribution in [3.05, 3.63) is 59.7 Å². The molecule has 2 aromatic rings. The first kappa shape index (κ1) is 15.1. The van der Waals surface area contributed by atoms with Gasteiger partial charge in [0.2, 0.25) is 0 Å². The number of carbonyl (C=O) groups is 1. The fraction of sp³-hybridized carbons (Fsp3) is 0.235. The lowest BCUT2D eigenvalue weighted by Gasteiger charge is -2.23. The van der Waals surface area contributed by atoms with E-state index in [1.807, 2.05) is 31.2 Å². The molecule has 21 heavy (non-hydrogen) atoms. The van der Waals surface area contributed by atoms with Crippen LogP contribution in [0.15, 0.2) is 48.5 Å². The number of phenolic OH excluding ortho intramolecular Hbond substituents is 1. The van der Waals surface area contributed by atoms with Crippen molar-refractivity contribution >= 4 is 11.6 Å². The van der Waals surface area contributed by atoms with Crippen LogP contribution in [0, 0.1) is 6.92 Å². The molecule has 2 rings (SSSR count). The molecule has 0 spiro atoms. The standard InChI is InChI=1S/C17H20N2O2/c1-13-7-9-14(10-8-13)19(12-4-11-18)17(21)15-5-2-3-6-16(15)20/h2-3,5-10,20H,4,11-12,18H2,1H3. The number of anilines is 1. The quantitative estimate of drug-likeness (QED) is 0.887. The predicted molar refractivity (Wildman–Crippen MR) is 84.6 cm³/mol. The number of para-hydroxylation sites is 1. The van der Waals surface area contributed by atoms with Crippen LogP contribution in [0.4, 0.5) is 5.69 Å². The van der Waals surface area contributed by atoms with Gasteiger partial charge in [-0.15, -0.1) is 0 Å². The maximum Gasteiger partial charge on any atom is 0.262 e. The fourth-order valence-corrected chi connectivity index (χ4v) is 2.12. The summed E-state index contributed by atoms with van der Waals surface area (Å²) in [5.41, 5.74) is 7.80. The Kier molecular flexibility index (Phi) is 4.95. The molecule has 4 heteroatoms. The highest BCUT2D eigenvalue weighted by Gasteiger charge is 2.19. The van der Waals surface area contributed by atoms with E-state index in [1.54, 1.807) is 23.1 Å². The third-order valence-corrected chi connectivity index (χ3v) is 3.31. The van der Waals surface area contributed by atoms with Gasteiger partial charge in [-0.1, -0.05) is 29.8 Å². The minimum Gasteiger partial charge on any atom is -0.507 e. The molecule has 0 radical (unpaired) electrons. The Morgan fingerprint density at radius 2 is 1.81 bits per heavy atom. The number of carbonyl (C=O) groups excluding carboxylic acids is 1. The second-order valence-electron chi connectivity index (χ2n) is 4.95. The van der Waals surface area contributed by atoms with Crippen LogP contribution in [0.25, 0.3) is 0 Å². The number of rotatable bonds is 5. The van der Waals surface area contributed by atoms with Crippen LogP contribution in [0.3, 0.4) is 0 Å². The summed E-state index contributed by atoms with van der Waals surface area (Å²) >= 11 is 0. The molecule has 4 nitrogen and oxygen atoms in total. The molecular formula is C17H20N2O2. The SMILES string of the molecule is Cc1ccc(N(CCCN)C(=O)c2ccccc2O)cc1. The van der Waals surface area contributed by atoms with Crippen LogP contribution in [0.2, 0.25) is 0 Å². The predicted octanol–water partition coefficient (Wildman–Crippen LogP) is 2.70. The minimum atomic E-state index is -0.217. The number of aryl methyl sites for hydroxylation is 1. The lowest BCUT2D eigenvalue weighted by Crippen LogP contribution is -2.33. The largest absolute Gasteiger partial charge is 0.507 e. The molecule has 0 aromatic heterocycles. The summed E-state index contributed by atoms with van der Waals surface area (Å²) in [5, 5.41) is 9.87. The van der Waals surface area contributed by atoms with Gasteiger partial charge >= 0.3 is 0 Å². The zero-order valence-electron chi connectivity index (χ0n) is 12.1. The molecule has 0 saturated heterocycles. The highest BCUT2D eigenvalue weighted by Crippen LogP contribution is 2.23. The van der Waals surface area contributed by atoms with Gasteiger partial charge in [-0.3, -0.25) is 4.79 Å². The van der Waals surface area contributed by atoms with E-state index in [2.05, 4.69) is 0 Å². The molecule has 0 aliphatic carbocycles. The van der Waals surface area contributed by atoms with Gasteiger partial charge in [-0.05, 0) is 44.2 Å². The molecule has 1 amide bonds. The first-order chi connectivity index (χ1) is 10.1. The highest BCUT2D eigenvalue weighted by atomic mass is 16.3. The molecule has 0 atom stereocenters. The summed E-state index contributed by atoms with van der Waals surface area (Å²) in [6.07, 6.45) is 0.702. The number of hydrogen-bond acceptors (Lipinski definition) is 3. The lowest BCUT2D eigenvalue weighted by atomic mass is 10.1. The Balaban J connectivity index is 2.33.